The minimum atomic E-state index is -0.353. The number of rotatable bonds is 6. The number of benzene rings is 2. The van der Waals surface area contributed by atoms with Crippen molar-refractivity contribution in [2.24, 2.45) is 0 Å². The number of aryl methyl sites for hydroxylation is 1. The molecule has 2 N–H and O–H groups in total. The summed E-state index contributed by atoms with van der Waals surface area (Å²) in [5.41, 5.74) is 6.61. The van der Waals surface area contributed by atoms with Gasteiger partial charge in [-0.1, -0.05) is 29.3 Å². The van der Waals surface area contributed by atoms with Gasteiger partial charge in [0.1, 0.15) is 5.75 Å². The second-order valence-electron chi connectivity index (χ2n) is 5.33. The van der Waals surface area contributed by atoms with Crippen LogP contribution in [-0.2, 0) is 16.0 Å². The fraction of sp³-hybridized carbons (Fsp3) is 0.222. The van der Waals surface area contributed by atoms with Crippen LogP contribution in [0.2, 0.25) is 5.02 Å². The first-order chi connectivity index (χ1) is 12.0. The number of carbonyl (C=O) groups is 2. The van der Waals surface area contributed by atoms with E-state index in [4.69, 9.17) is 16.3 Å². The third kappa shape index (κ3) is 6.32. The highest BCUT2D eigenvalue weighted by atomic mass is 35.5. The monoisotopic (exact) mass is 378 g/mol. The third-order valence-electron chi connectivity index (χ3n) is 3.33. The molecule has 0 bridgehead atoms. The molecular formula is C18H19ClN2O3S. The molecule has 0 radical (unpaired) electrons. The summed E-state index contributed by atoms with van der Waals surface area (Å²) in [5.74, 6) is 0.149. The van der Waals surface area contributed by atoms with Crippen LogP contribution in [0.25, 0.3) is 0 Å². The second kappa shape index (κ2) is 9.34. The van der Waals surface area contributed by atoms with E-state index in [-0.39, 0.29) is 24.0 Å². The summed E-state index contributed by atoms with van der Waals surface area (Å²) in [6, 6.07) is 12.9. The first kappa shape index (κ1) is 19.1. The largest absolute Gasteiger partial charge is 0.496 e. The van der Waals surface area contributed by atoms with Gasteiger partial charge in [0.05, 0.1) is 19.3 Å². The highest BCUT2D eigenvalue weighted by Crippen LogP contribution is 2.23. The third-order valence-corrected chi connectivity index (χ3v) is 4.57. The van der Waals surface area contributed by atoms with Gasteiger partial charge in [0, 0.05) is 15.5 Å². The Balaban J connectivity index is 1.78. The second-order valence-corrected chi connectivity index (χ2v) is 6.82. The zero-order valence-corrected chi connectivity index (χ0v) is 15.5. The molecule has 0 aliphatic carbocycles. The van der Waals surface area contributed by atoms with Crippen LogP contribution in [0.5, 0.6) is 5.75 Å². The number of hydrogen-bond acceptors (Lipinski definition) is 4. The quantitative estimate of drug-likeness (QED) is 0.598. The van der Waals surface area contributed by atoms with Gasteiger partial charge in [-0.25, -0.2) is 0 Å². The van der Waals surface area contributed by atoms with E-state index in [0.29, 0.717) is 16.3 Å². The zero-order chi connectivity index (χ0) is 18.2. The molecule has 0 spiro atoms. The lowest BCUT2D eigenvalue weighted by Crippen LogP contribution is -2.43. The number of hydrogen-bond donors (Lipinski definition) is 2. The van der Waals surface area contributed by atoms with Crippen molar-refractivity contribution in [2.75, 3.05) is 12.9 Å². The molecule has 0 heterocycles. The summed E-state index contributed by atoms with van der Waals surface area (Å²) >= 11 is 7.33. The Hall–Kier alpha value is -2.18. The molecule has 0 atom stereocenters. The highest BCUT2D eigenvalue weighted by molar-refractivity contribution is 8.00. The summed E-state index contributed by atoms with van der Waals surface area (Å²) in [7, 11) is 1.52. The van der Waals surface area contributed by atoms with Gasteiger partial charge in [0.15, 0.2) is 0 Å². The van der Waals surface area contributed by atoms with E-state index in [2.05, 4.69) is 10.9 Å². The van der Waals surface area contributed by atoms with Crippen molar-refractivity contribution in [1.29, 1.82) is 0 Å². The van der Waals surface area contributed by atoms with E-state index in [1.165, 1.54) is 18.9 Å². The summed E-state index contributed by atoms with van der Waals surface area (Å²) in [6.07, 6.45) is 0.0507. The molecule has 5 nitrogen and oxygen atoms in total. The number of carbonyl (C=O) groups excluding carboxylic acids is 2. The first-order valence-electron chi connectivity index (χ1n) is 7.57. The normalized spacial score (nSPS) is 10.2. The lowest BCUT2D eigenvalue weighted by molar-refractivity contribution is -0.127. The average Bonchev–Trinajstić information content (AvgIpc) is 2.59. The molecule has 2 aromatic carbocycles. The molecule has 2 amide bonds. The molecule has 0 aromatic heterocycles. The molecule has 7 heteroatoms. The first-order valence-corrected chi connectivity index (χ1v) is 8.94. The minimum absolute atomic E-state index is 0.0507. The fourth-order valence-electron chi connectivity index (χ4n) is 2.06. The van der Waals surface area contributed by atoms with Crippen molar-refractivity contribution >= 4 is 35.2 Å². The van der Waals surface area contributed by atoms with Crippen molar-refractivity contribution in [3.8, 4) is 5.75 Å². The topological polar surface area (TPSA) is 67.4 Å². The van der Waals surface area contributed by atoms with Crippen molar-refractivity contribution < 1.29 is 14.3 Å². The van der Waals surface area contributed by atoms with Gasteiger partial charge in [-0.2, -0.15) is 0 Å². The van der Waals surface area contributed by atoms with Crippen molar-refractivity contribution in [2.45, 2.75) is 18.2 Å². The Morgan fingerprint density at radius 3 is 2.44 bits per heavy atom. The Kier molecular flexibility index (Phi) is 7.16. The van der Waals surface area contributed by atoms with Crippen LogP contribution in [0.1, 0.15) is 11.1 Å². The molecule has 132 valence electrons. The van der Waals surface area contributed by atoms with Crippen molar-refractivity contribution in [3.05, 3.63) is 58.6 Å². The standard InChI is InChI=1S/C18H19ClN2O3S/c1-12-3-6-15(7-4-12)25-11-18(23)21-20-17(22)10-13-9-14(19)5-8-16(13)24-2/h3-9H,10-11H2,1-2H3,(H,20,22)(H,21,23). The summed E-state index contributed by atoms with van der Waals surface area (Å²) in [4.78, 5) is 24.8. The highest BCUT2D eigenvalue weighted by Gasteiger charge is 2.11. The zero-order valence-electron chi connectivity index (χ0n) is 14.0. The van der Waals surface area contributed by atoms with Crippen LogP contribution in [0, 0.1) is 6.92 Å². The van der Waals surface area contributed by atoms with Crippen molar-refractivity contribution in [1.82, 2.24) is 10.9 Å². The Morgan fingerprint density at radius 2 is 1.76 bits per heavy atom. The number of nitrogens with one attached hydrogen (secondary N) is 2. The fourth-order valence-corrected chi connectivity index (χ4v) is 2.95. The minimum Gasteiger partial charge on any atom is -0.496 e. The van der Waals surface area contributed by atoms with Gasteiger partial charge in [-0.15, -0.1) is 11.8 Å². The van der Waals surface area contributed by atoms with Crippen molar-refractivity contribution in [3.63, 3.8) is 0 Å². The molecule has 0 saturated heterocycles. The molecule has 0 aliphatic heterocycles. The number of thioether (sulfide) groups is 1. The Bertz CT molecular complexity index is 750. The lowest BCUT2D eigenvalue weighted by Gasteiger charge is -2.10. The van der Waals surface area contributed by atoms with Gasteiger partial charge in [0.2, 0.25) is 11.8 Å². The summed E-state index contributed by atoms with van der Waals surface area (Å²) in [6.45, 7) is 2.01. The molecule has 2 aromatic rings. The molecule has 0 aliphatic rings. The lowest BCUT2D eigenvalue weighted by atomic mass is 10.1. The van der Waals surface area contributed by atoms with E-state index in [1.54, 1.807) is 18.2 Å². The van der Waals surface area contributed by atoms with Gasteiger partial charge in [0.25, 0.3) is 0 Å². The number of halogens is 1. The number of amides is 2. The molecule has 0 unspecified atom stereocenters. The summed E-state index contributed by atoms with van der Waals surface area (Å²) < 4.78 is 5.19. The molecule has 25 heavy (non-hydrogen) atoms. The smallest absolute Gasteiger partial charge is 0.248 e. The van der Waals surface area contributed by atoms with E-state index >= 15 is 0 Å². The number of ether oxygens (including phenoxy) is 1. The van der Waals surface area contributed by atoms with Crippen LogP contribution in [0.15, 0.2) is 47.4 Å². The van der Waals surface area contributed by atoms with Gasteiger partial charge < -0.3 is 4.74 Å². The Labute approximate surface area is 156 Å². The average molecular weight is 379 g/mol. The molecule has 0 saturated carbocycles. The van der Waals surface area contributed by atoms with Crippen LogP contribution in [-0.4, -0.2) is 24.7 Å². The molecule has 2 rings (SSSR count). The molecule has 0 fully saturated rings. The predicted octanol–water partition coefficient (Wildman–Crippen LogP) is 3.14. The SMILES string of the molecule is COc1ccc(Cl)cc1CC(=O)NNC(=O)CSc1ccc(C)cc1. The van der Waals surface area contributed by atoms with Gasteiger partial charge >= 0.3 is 0 Å². The maximum atomic E-state index is 12.0. The Morgan fingerprint density at radius 1 is 1.08 bits per heavy atom. The van der Waals surface area contributed by atoms with Crippen LogP contribution in [0.4, 0.5) is 0 Å². The number of hydrazine groups is 1. The van der Waals surface area contributed by atoms with E-state index in [9.17, 15) is 9.59 Å². The van der Waals surface area contributed by atoms with E-state index in [0.717, 1.165) is 10.5 Å². The predicted molar refractivity (Wildman–Crippen MR) is 99.9 cm³/mol. The van der Waals surface area contributed by atoms with Crippen LogP contribution < -0.4 is 15.6 Å². The van der Waals surface area contributed by atoms with Crippen LogP contribution >= 0.6 is 23.4 Å². The maximum absolute atomic E-state index is 12.0. The maximum Gasteiger partial charge on any atom is 0.248 e. The van der Waals surface area contributed by atoms with Gasteiger partial charge in [-0.05, 0) is 37.3 Å². The van der Waals surface area contributed by atoms with Gasteiger partial charge in [-0.3, -0.25) is 20.4 Å². The van der Waals surface area contributed by atoms with E-state index in [1.807, 2.05) is 31.2 Å². The summed E-state index contributed by atoms with van der Waals surface area (Å²) in [5, 5.41) is 0.516. The van der Waals surface area contributed by atoms with Crippen LogP contribution in [0.3, 0.4) is 0 Å². The van der Waals surface area contributed by atoms with E-state index < -0.39 is 0 Å². The number of methoxy groups -OCH3 is 1. The molecular weight excluding hydrogens is 360 g/mol.